The molecule has 2 aliphatic rings. The van der Waals surface area contributed by atoms with Crippen molar-refractivity contribution in [2.45, 2.75) is 0 Å². The van der Waals surface area contributed by atoms with Crippen molar-refractivity contribution in [3.63, 3.8) is 0 Å². The van der Waals surface area contributed by atoms with Crippen molar-refractivity contribution in [1.82, 2.24) is 0 Å². The standard InChI is InChI=1S/C15H8N2O/c18-15-13-9(7-8-16-15)5-6-12-14(13)10-3-1-2-4-11(10)17-12/h1-8H. The number of hydrogen-bond acceptors (Lipinski definition) is 2. The third kappa shape index (κ3) is 1.10. The van der Waals surface area contributed by atoms with Gasteiger partial charge in [0.2, 0.25) is 0 Å². The van der Waals surface area contributed by atoms with Crippen LogP contribution in [-0.2, 0) is 0 Å². The average molecular weight is 232 g/mol. The SMILES string of the molecule is O=C1N=CC=c2ccc3c(c21)-c1ccccc1N=3. The predicted octanol–water partition coefficient (Wildman–Crippen LogP) is 1.62. The summed E-state index contributed by atoms with van der Waals surface area (Å²) in [5, 5.41) is 1.77. The normalized spacial score (nSPS) is 14.3. The van der Waals surface area contributed by atoms with Crippen LogP contribution in [0, 0.1) is 0 Å². The van der Waals surface area contributed by atoms with E-state index < -0.39 is 0 Å². The average Bonchev–Trinajstić information content (AvgIpc) is 2.77. The summed E-state index contributed by atoms with van der Waals surface area (Å²) in [6.45, 7) is 0. The Bertz CT molecular complexity index is 847. The molecule has 84 valence electrons. The largest absolute Gasteiger partial charge is 0.278 e. The van der Waals surface area contributed by atoms with Crippen LogP contribution in [-0.4, -0.2) is 12.1 Å². The summed E-state index contributed by atoms with van der Waals surface area (Å²) >= 11 is 0. The molecular formula is C15H8N2O. The van der Waals surface area contributed by atoms with Gasteiger partial charge in [-0.3, -0.25) is 4.79 Å². The van der Waals surface area contributed by atoms with Gasteiger partial charge in [0.05, 0.1) is 16.6 Å². The second-order valence-electron chi connectivity index (χ2n) is 4.30. The summed E-state index contributed by atoms with van der Waals surface area (Å²) in [4.78, 5) is 20.4. The van der Waals surface area contributed by atoms with Crippen molar-refractivity contribution >= 4 is 23.9 Å². The maximum absolute atomic E-state index is 12.0. The number of nitrogens with zero attached hydrogens (tertiary/aromatic N) is 2. The fourth-order valence-electron chi connectivity index (χ4n) is 2.51. The highest BCUT2D eigenvalue weighted by Gasteiger charge is 2.22. The zero-order valence-corrected chi connectivity index (χ0v) is 9.42. The predicted molar refractivity (Wildman–Crippen MR) is 69.6 cm³/mol. The first-order valence-corrected chi connectivity index (χ1v) is 5.74. The van der Waals surface area contributed by atoms with Gasteiger partial charge >= 0.3 is 0 Å². The Morgan fingerprint density at radius 3 is 2.78 bits per heavy atom. The van der Waals surface area contributed by atoms with E-state index in [4.69, 9.17) is 0 Å². The van der Waals surface area contributed by atoms with E-state index in [9.17, 15) is 4.79 Å². The number of hydrogen-bond donors (Lipinski definition) is 0. The van der Waals surface area contributed by atoms with Crippen LogP contribution >= 0.6 is 0 Å². The number of aliphatic imine (C=N–C) groups is 1. The maximum Gasteiger partial charge on any atom is 0.278 e. The number of para-hydroxylation sites is 1. The Kier molecular flexibility index (Phi) is 1.70. The molecule has 0 bridgehead atoms. The minimum Gasteiger partial charge on any atom is -0.267 e. The van der Waals surface area contributed by atoms with Gasteiger partial charge in [0, 0.05) is 17.3 Å². The van der Waals surface area contributed by atoms with Gasteiger partial charge in [-0.1, -0.05) is 24.3 Å². The number of carbonyl (C=O) groups is 1. The summed E-state index contributed by atoms with van der Waals surface area (Å²) in [5.74, 6) is -0.184. The van der Waals surface area contributed by atoms with E-state index in [-0.39, 0.29) is 5.91 Å². The zero-order chi connectivity index (χ0) is 12.1. The molecule has 0 atom stereocenters. The van der Waals surface area contributed by atoms with Crippen molar-refractivity contribution in [3.05, 3.63) is 52.5 Å². The fraction of sp³-hybridized carbons (Fsp3) is 0. The van der Waals surface area contributed by atoms with Crippen molar-refractivity contribution in [3.8, 4) is 11.1 Å². The van der Waals surface area contributed by atoms with E-state index in [1.165, 1.54) is 0 Å². The lowest BCUT2D eigenvalue weighted by Crippen LogP contribution is -2.23. The first-order chi connectivity index (χ1) is 8.84. The van der Waals surface area contributed by atoms with Crippen LogP contribution < -0.4 is 10.6 Å². The van der Waals surface area contributed by atoms with Crippen LogP contribution in [0.4, 0.5) is 5.69 Å². The number of benzene rings is 2. The molecule has 18 heavy (non-hydrogen) atoms. The molecular weight excluding hydrogens is 224 g/mol. The van der Waals surface area contributed by atoms with E-state index in [1.54, 1.807) is 6.21 Å². The molecule has 0 saturated heterocycles. The molecule has 0 fully saturated rings. The van der Waals surface area contributed by atoms with Crippen molar-refractivity contribution in [2.75, 3.05) is 0 Å². The van der Waals surface area contributed by atoms with E-state index in [2.05, 4.69) is 9.98 Å². The van der Waals surface area contributed by atoms with Crippen molar-refractivity contribution in [1.29, 1.82) is 0 Å². The van der Waals surface area contributed by atoms with Gasteiger partial charge in [0.25, 0.3) is 5.91 Å². The number of fused-ring (bicyclic) bond motifs is 5. The molecule has 0 aromatic heterocycles. The molecule has 0 spiro atoms. The van der Waals surface area contributed by atoms with Crippen molar-refractivity contribution in [2.24, 2.45) is 9.98 Å². The molecule has 3 heteroatoms. The van der Waals surface area contributed by atoms with Crippen LogP contribution in [0.25, 0.3) is 17.2 Å². The Balaban J connectivity index is 2.20. The molecule has 0 radical (unpaired) electrons. The monoisotopic (exact) mass is 232 g/mol. The number of rotatable bonds is 0. The van der Waals surface area contributed by atoms with Crippen LogP contribution in [0.5, 0.6) is 0 Å². The maximum atomic E-state index is 12.0. The van der Waals surface area contributed by atoms with Crippen LogP contribution in [0.3, 0.4) is 0 Å². The third-order valence-corrected chi connectivity index (χ3v) is 3.29. The molecule has 0 saturated carbocycles. The van der Waals surface area contributed by atoms with Crippen LogP contribution in [0.15, 0.2) is 46.4 Å². The van der Waals surface area contributed by atoms with E-state index >= 15 is 0 Å². The van der Waals surface area contributed by atoms with Crippen LogP contribution in [0.1, 0.15) is 10.4 Å². The second kappa shape index (κ2) is 3.23. The molecule has 2 heterocycles. The highest BCUT2D eigenvalue weighted by molar-refractivity contribution is 6.13. The van der Waals surface area contributed by atoms with E-state index in [0.29, 0.717) is 5.56 Å². The molecule has 2 aromatic carbocycles. The van der Waals surface area contributed by atoms with Gasteiger partial charge in [0.15, 0.2) is 0 Å². The Hall–Kier alpha value is -2.55. The summed E-state index contributed by atoms with van der Waals surface area (Å²) < 4.78 is 0. The molecule has 2 aromatic rings. The Morgan fingerprint density at radius 2 is 1.83 bits per heavy atom. The summed E-state index contributed by atoms with van der Waals surface area (Å²) in [6.07, 6.45) is 3.41. The Labute approximate surface area is 103 Å². The van der Waals surface area contributed by atoms with Gasteiger partial charge in [-0.25, -0.2) is 9.98 Å². The minimum absolute atomic E-state index is 0.184. The summed E-state index contributed by atoms with van der Waals surface area (Å²) in [6, 6.07) is 11.7. The molecule has 0 aliphatic carbocycles. The first-order valence-electron chi connectivity index (χ1n) is 5.74. The van der Waals surface area contributed by atoms with E-state index in [0.717, 1.165) is 27.4 Å². The lowest BCUT2D eigenvalue weighted by molar-refractivity contribution is 0.100. The minimum atomic E-state index is -0.184. The van der Waals surface area contributed by atoms with Gasteiger partial charge in [0.1, 0.15) is 0 Å². The van der Waals surface area contributed by atoms with E-state index in [1.807, 2.05) is 42.5 Å². The topological polar surface area (TPSA) is 41.8 Å². The molecule has 0 unspecified atom stereocenters. The molecule has 2 aliphatic heterocycles. The fourth-order valence-corrected chi connectivity index (χ4v) is 2.51. The van der Waals surface area contributed by atoms with Crippen LogP contribution in [0.2, 0.25) is 0 Å². The third-order valence-electron chi connectivity index (χ3n) is 3.29. The first kappa shape index (κ1) is 9.48. The lowest BCUT2D eigenvalue weighted by atomic mass is 9.96. The van der Waals surface area contributed by atoms with Gasteiger partial charge < -0.3 is 0 Å². The lowest BCUT2D eigenvalue weighted by Gasteiger charge is -2.07. The molecule has 3 nitrogen and oxygen atoms in total. The summed E-state index contributed by atoms with van der Waals surface area (Å²) in [7, 11) is 0. The highest BCUT2D eigenvalue weighted by Crippen LogP contribution is 2.33. The van der Waals surface area contributed by atoms with Crippen molar-refractivity contribution < 1.29 is 4.79 Å². The van der Waals surface area contributed by atoms with Gasteiger partial charge in [-0.05, 0) is 23.4 Å². The van der Waals surface area contributed by atoms with Gasteiger partial charge in [-0.2, -0.15) is 0 Å². The number of amides is 1. The number of carbonyl (C=O) groups excluding carboxylic acids is 1. The Morgan fingerprint density at radius 1 is 0.944 bits per heavy atom. The highest BCUT2D eigenvalue weighted by atomic mass is 16.1. The quantitative estimate of drug-likeness (QED) is 0.580. The van der Waals surface area contributed by atoms with Gasteiger partial charge in [-0.15, -0.1) is 0 Å². The zero-order valence-electron chi connectivity index (χ0n) is 9.42. The summed E-state index contributed by atoms with van der Waals surface area (Å²) in [5.41, 5.74) is 3.52. The molecule has 1 amide bonds. The smallest absolute Gasteiger partial charge is 0.267 e. The molecule has 4 rings (SSSR count). The molecule has 0 N–H and O–H groups in total. The second-order valence-corrected chi connectivity index (χ2v) is 4.30.